The maximum Gasteiger partial charge on any atom is 0.242 e. The van der Waals surface area contributed by atoms with Crippen molar-refractivity contribution in [1.29, 1.82) is 0 Å². The number of hydrogen-bond donors (Lipinski definition) is 1. The molecule has 35 heavy (non-hydrogen) atoms. The molecule has 192 valence electrons. The number of para-hydroxylation sites is 1. The normalized spacial score (nSPS) is 13.1. The summed E-state index contributed by atoms with van der Waals surface area (Å²) in [5.74, 6) is -0.378. The monoisotopic (exact) mass is 501 g/mol. The van der Waals surface area contributed by atoms with E-state index in [9.17, 15) is 18.0 Å². The first kappa shape index (κ1) is 28.4. The summed E-state index contributed by atoms with van der Waals surface area (Å²) < 4.78 is 26.3. The molecule has 0 unspecified atom stereocenters. The smallest absolute Gasteiger partial charge is 0.242 e. The van der Waals surface area contributed by atoms with Crippen LogP contribution in [0, 0.1) is 13.8 Å². The maximum absolute atomic E-state index is 13.4. The number of rotatable bonds is 12. The zero-order chi connectivity index (χ0) is 26.2. The molecule has 2 amide bonds. The van der Waals surface area contributed by atoms with Gasteiger partial charge < -0.3 is 10.2 Å². The van der Waals surface area contributed by atoms with Gasteiger partial charge in [-0.2, -0.15) is 0 Å². The topological polar surface area (TPSA) is 86.8 Å². The lowest BCUT2D eigenvalue weighted by Gasteiger charge is -2.30. The van der Waals surface area contributed by atoms with Gasteiger partial charge in [-0.05, 0) is 63.3 Å². The minimum atomic E-state index is -3.51. The molecule has 2 aromatic carbocycles. The van der Waals surface area contributed by atoms with E-state index in [0.717, 1.165) is 23.1 Å². The minimum Gasteiger partial charge on any atom is -0.352 e. The molecule has 0 spiro atoms. The third kappa shape index (κ3) is 8.09. The molecule has 0 aliphatic rings. The first-order valence-corrected chi connectivity index (χ1v) is 14.0. The summed E-state index contributed by atoms with van der Waals surface area (Å²) in [6.07, 6.45) is 2.44. The van der Waals surface area contributed by atoms with E-state index in [1.165, 1.54) is 10.6 Å². The molecule has 7 nitrogen and oxygen atoms in total. The predicted octanol–water partition coefficient (Wildman–Crippen LogP) is 4.18. The van der Waals surface area contributed by atoms with Gasteiger partial charge in [0.25, 0.3) is 0 Å². The highest BCUT2D eigenvalue weighted by Crippen LogP contribution is 2.23. The summed E-state index contributed by atoms with van der Waals surface area (Å²) in [6, 6.07) is 14.4. The van der Waals surface area contributed by atoms with Crippen LogP contribution in [-0.2, 0) is 26.2 Å². The lowest BCUT2D eigenvalue weighted by Crippen LogP contribution is -2.49. The second-order valence-electron chi connectivity index (χ2n) is 9.17. The summed E-state index contributed by atoms with van der Waals surface area (Å²) in [5.41, 5.74) is 3.48. The Kier molecular flexibility index (Phi) is 10.3. The maximum atomic E-state index is 13.4. The Morgan fingerprint density at radius 1 is 0.971 bits per heavy atom. The molecular weight excluding hydrogens is 462 g/mol. The van der Waals surface area contributed by atoms with Crippen LogP contribution in [0.25, 0.3) is 0 Å². The number of nitrogens with one attached hydrogen (secondary N) is 1. The number of carbonyl (C=O) groups excluding carboxylic acids is 2. The van der Waals surface area contributed by atoms with Crippen LogP contribution in [0.1, 0.15) is 56.7 Å². The van der Waals surface area contributed by atoms with Gasteiger partial charge in [0, 0.05) is 25.6 Å². The Bertz CT molecular complexity index is 1120. The average Bonchev–Trinajstić information content (AvgIpc) is 2.80. The Balaban J connectivity index is 2.20. The van der Waals surface area contributed by atoms with E-state index in [-0.39, 0.29) is 30.8 Å². The predicted molar refractivity (Wildman–Crippen MR) is 142 cm³/mol. The molecule has 0 radical (unpaired) electrons. The molecule has 0 aliphatic heterocycles. The number of benzene rings is 2. The highest BCUT2D eigenvalue weighted by Gasteiger charge is 2.27. The molecule has 0 heterocycles. The first-order valence-electron chi connectivity index (χ1n) is 12.1. The Hall–Kier alpha value is -2.87. The van der Waals surface area contributed by atoms with Crippen LogP contribution in [0.15, 0.2) is 48.5 Å². The molecular formula is C27H39N3O4S. The molecule has 2 atom stereocenters. The summed E-state index contributed by atoms with van der Waals surface area (Å²) in [4.78, 5) is 27.8. The second-order valence-corrected chi connectivity index (χ2v) is 11.1. The van der Waals surface area contributed by atoms with Gasteiger partial charge in [0.2, 0.25) is 21.8 Å². The van der Waals surface area contributed by atoms with E-state index in [0.29, 0.717) is 18.7 Å². The van der Waals surface area contributed by atoms with Gasteiger partial charge >= 0.3 is 0 Å². The quantitative estimate of drug-likeness (QED) is 0.473. The molecule has 0 aliphatic carbocycles. The standard InChI is InChI=1S/C27H39N3O4S/c1-7-22(4)28-27(32)23(5)29(19-24-15-10-8-13-20(24)2)26(31)17-12-18-30(35(6,33)34)25-16-11-9-14-21(25)3/h8-11,13-16,22-23H,7,12,17-19H2,1-6H3,(H,28,32)/t22-,23+/m1/s1. The van der Waals surface area contributed by atoms with Crippen LogP contribution >= 0.6 is 0 Å². The van der Waals surface area contributed by atoms with Crippen molar-refractivity contribution in [1.82, 2.24) is 10.2 Å². The molecule has 0 bridgehead atoms. The largest absolute Gasteiger partial charge is 0.352 e. The van der Waals surface area contributed by atoms with Crippen molar-refractivity contribution >= 4 is 27.5 Å². The lowest BCUT2D eigenvalue weighted by atomic mass is 10.1. The Labute approximate surface area is 210 Å². The Morgan fingerprint density at radius 3 is 2.14 bits per heavy atom. The van der Waals surface area contributed by atoms with Crippen molar-refractivity contribution in [2.45, 2.75) is 72.5 Å². The number of aryl methyl sites for hydroxylation is 2. The number of anilines is 1. The van der Waals surface area contributed by atoms with Gasteiger partial charge in [-0.1, -0.05) is 49.4 Å². The van der Waals surface area contributed by atoms with Gasteiger partial charge in [0.1, 0.15) is 6.04 Å². The van der Waals surface area contributed by atoms with Crippen molar-refractivity contribution in [2.24, 2.45) is 0 Å². The number of carbonyl (C=O) groups is 2. The van der Waals surface area contributed by atoms with E-state index in [2.05, 4.69) is 5.32 Å². The van der Waals surface area contributed by atoms with Crippen molar-refractivity contribution in [3.63, 3.8) is 0 Å². The zero-order valence-corrected chi connectivity index (χ0v) is 22.6. The molecule has 0 saturated heterocycles. The van der Waals surface area contributed by atoms with Crippen molar-refractivity contribution in [2.75, 3.05) is 17.1 Å². The molecule has 0 aromatic heterocycles. The first-order chi connectivity index (χ1) is 16.5. The van der Waals surface area contributed by atoms with Gasteiger partial charge in [0.05, 0.1) is 11.9 Å². The van der Waals surface area contributed by atoms with Crippen LogP contribution < -0.4 is 9.62 Å². The summed E-state index contributed by atoms with van der Waals surface area (Å²) in [7, 11) is -3.51. The van der Waals surface area contributed by atoms with E-state index in [1.54, 1.807) is 24.0 Å². The molecule has 0 fully saturated rings. The van der Waals surface area contributed by atoms with E-state index in [4.69, 9.17) is 0 Å². The zero-order valence-electron chi connectivity index (χ0n) is 21.7. The lowest BCUT2D eigenvalue weighted by molar-refractivity contribution is -0.140. The number of hydrogen-bond acceptors (Lipinski definition) is 4. The average molecular weight is 502 g/mol. The van der Waals surface area contributed by atoms with Crippen LogP contribution in [0.2, 0.25) is 0 Å². The van der Waals surface area contributed by atoms with Crippen molar-refractivity contribution < 1.29 is 18.0 Å². The summed E-state index contributed by atoms with van der Waals surface area (Å²) in [5, 5.41) is 2.97. The molecule has 2 aromatic rings. The minimum absolute atomic E-state index is 0.0118. The van der Waals surface area contributed by atoms with Crippen LogP contribution in [-0.4, -0.2) is 50.0 Å². The fourth-order valence-corrected chi connectivity index (χ4v) is 4.87. The van der Waals surface area contributed by atoms with Crippen molar-refractivity contribution in [3.8, 4) is 0 Å². The highest BCUT2D eigenvalue weighted by atomic mass is 32.2. The fourth-order valence-electron chi connectivity index (χ4n) is 3.84. The molecule has 1 N–H and O–H groups in total. The molecule has 2 rings (SSSR count). The summed E-state index contributed by atoms with van der Waals surface area (Å²) >= 11 is 0. The fraction of sp³-hybridized carbons (Fsp3) is 0.481. The number of sulfonamides is 1. The van der Waals surface area contributed by atoms with Gasteiger partial charge in [-0.3, -0.25) is 13.9 Å². The van der Waals surface area contributed by atoms with Crippen LogP contribution in [0.4, 0.5) is 5.69 Å². The van der Waals surface area contributed by atoms with Crippen LogP contribution in [0.5, 0.6) is 0 Å². The van der Waals surface area contributed by atoms with E-state index < -0.39 is 16.1 Å². The molecule has 0 saturated carbocycles. The highest BCUT2D eigenvalue weighted by molar-refractivity contribution is 7.92. The van der Waals surface area contributed by atoms with Crippen LogP contribution in [0.3, 0.4) is 0 Å². The van der Waals surface area contributed by atoms with Crippen molar-refractivity contribution in [3.05, 3.63) is 65.2 Å². The van der Waals surface area contributed by atoms with Gasteiger partial charge in [-0.15, -0.1) is 0 Å². The SMILES string of the molecule is CC[C@@H](C)NC(=O)[C@H](C)N(Cc1ccccc1C)C(=O)CCCN(c1ccccc1C)S(C)(=O)=O. The van der Waals surface area contributed by atoms with E-state index in [1.807, 2.05) is 64.1 Å². The second kappa shape index (κ2) is 12.7. The number of nitrogens with zero attached hydrogens (tertiary/aromatic N) is 2. The number of amides is 2. The third-order valence-corrected chi connectivity index (χ3v) is 7.49. The van der Waals surface area contributed by atoms with Gasteiger partial charge in [0.15, 0.2) is 0 Å². The Morgan fingerprint density at radius 2 is 1.57 bits per heavy atom. The van der Waals surface area contributed by atoms with E-state index >= 15 is 0 Å². The third-order valence-electron chi connectivity index (χ3n) is 6.31. The molecule has 8 heteroatoms. The van der Waals surface area contributed by atoms with Gasteiger partial charge in [-0.25, -0.2) is 8.42 Å². The summed E-state index contributed by atoms with van der Waals surface area (Å²) in [6.45, 7) is 10.0.